The second kappa shape index (κ2) is 7.43. The van der Waals surface area contributed by atoms with Crippen LogP contribution in [0.1, 0.15) is 47.6 Å². The zero-order valence-corrected chi connectivity index (χ0v) is 17.0. The Morgan fingerprint density at radius 3 is 2.69 bits per heavy atom. The van der Waals surface area contributed by atoms with E-state index < -0.39 is 17.8 Å². The number of rotatable bonds is 3. The molecule has 0 saturated carbocycles. The fraction of sp³-hybridized carbons (Fsp3) is 0.391. The number of ether oxygens (including phenoxy) is 2. The number of benzene rings is 1. The van der Waals surface area contributed by atoms with Crippen LogP contribution in [0.25, 0.3) is 5.57 Å². The van der Waals surface area contributed by atoms with Crippen LogP contribution in [0.15, 0.2) is 47.9 Å². The van der Waals surface area contributed by atoms with E-state index >= 15 is 0 Å². The van der Waals surface area contributed by atoms with Crippen molar-refractivity contribution < 1.29 is 19.1 Å². The standard InChI is InChI=1S/C23H23NO4S/c25-21-22(26)28-23(27-21)15-18(16-5-2-1-3-6-16)10-13-24(23)12-9-17-7-4-8-20-19(17)11-14-29-20/h1-3,5-6,9,11,14,18H,4,7-8,10,12-13,15H2/b17-9+. The summed E-state index contributed by atoms with van der Waals surface area (Å²) in [4.78, 5) is 27.3. The van der Waals surface area contributed by atoms with Gasteiger partial charge in [-0.1, -0.05) is 36.4 Å². The molecule has 2 fully saturated rings. The molecule has 0 radical (unpaired) electrons. The Bertz CT molecular complexity index is 948. The Labute approximate surface area is 173 Å². The fourth-order valence-electron chi connectivity index (χ4n) is 4.70. The molecule has 1 unspecified atom stereocenters. The number of thiophene rings is 1. The SMILES string of the molecule is O=C1OC2(CC(c3ccccc3)CCN2C/C=C2\CCCc3sccc32)OC1=O. The van der Waals surface area contributed by atoms with Gasteiger partial charge in [-0.3, -0.25) is 0 Å². The number of esters is 2. The highest BCUT2D eigenvalue weighted by atomic mass is 32.1. The zero-order valence-electron chi connectivity index (χ0n) is 16.1. The van der Waals surface area contributed by atoms with Gasteiger partial charge in [-0.05, 0) is 59.7 Å². The average Bonchev–Trinajstić information content (AvgIpc) is 3.33. The number of hydrogen-bond acceptors (Lipinski definition) is 6. The van der Waals surface area contributed by atoms with Crippen LogP contribution in [0.4, 0.5) is 0 Å². The Morgan fingerprint density at radius 2 is 1.90 bits per heavy atom. The number of likely N-dealkylation sites (tertiary alicyclic amines) is 1. The first-order valence-corrected chi connectivity index (χ1v) is 11.0. The molecule has 5 nitrogen and oxygen atoms in total. The van der Waals surface area contributed by atoms with Gasteiger partial charge < -0.3 is 9.47 Å². The normalized spacial score (nSPS) is 25.1. The maximum absolute atomic E-state index is 11.9. The van der Waals surface area contributed by atoms with Crippen molar-refractivity contribution >= 4 is 28.8 Å². The van der Waals surface area contributed by atoms with Crippen molar-refractivity contribution in [3.63, 3.8) is 0 Å². The summed E-state index contributed by atoms with van der Waals surface area (Å²) in [5.74, 6) is -2.91. The average molecular weight is 410 g/mol. The van der Waals surface area contributed by atoms with Gasteiger partial charge in [0.2, 0.25) is 0 Å². The van der Waals surface area contributed by atoms with Gasteiger partial charge in [0.05, 0.1) is 0 Å². The van der Waals surface area contributed by atoms with E-state index in [4.69, 9.17) is 9.47 Å². The minimum atomic E-state index is -1.30. The quantitative estimate of drug-likeness (QED) is 0.564. The summed E-state index contributed by atoms with van der Waals surface area (Å²) in [6.45, 7) is 1.28. The summed E-state index contributed by atoms with van der Waals surface area (Å²) in [5.41, 5.74) is 3.86. The molecule has 1 spiro atoms. The van der Waals surface area contributed by atoms with Crippen LogP contribution < -0.4 is 0 Å². The number of hydrogen-bond donors (Lipinski definition) is 0. The molecule has 1 atom stereocenters. The molecule has 2 aromatic rings. The van der Waals surface area contributed by atoms with E-state index in [1.807, 2.05) is 34.4 Å². The van der Waals surface area contributed by atoms with Crippen LogP contribution in [-0.2, 0) is 25.5 Å². The molecule has 5 rings (SSSR count). The van der Waals surface area contributed by atoms with E-state index in [1.54, 1.807) is 0 Å². The minimum absolute atomic E-state index is 0.178. The van der Waals surface area contributed by atoms with Gasteiger partial charge in [-0.2, -0.15) is 0 Å². The zero-order chi connectivity index (χ0) is 19.8. The molecule has 3 heterocycles. The minimum Gasteiger partial charge on any atom is -0.400 e. The predicted octanol–water partition coefficient (Wildman–Crippen LogP) is 4.10. The number of carbonyl (C=O) groups is 2. The number of piperidine rings is 1. The molecule has 3 aliphatic rings. The fourth-order valence-corrected chi connectivity index (χ4v) is 5.65. The Kier molecular flexibility index (Phi) is 4.76. The van der Waals surface area contributed by atoms with E-state index in [0.29, 0.717) is 19.5 Å². The van der Waals surface area contributed by atoms with Gasteiger partial charge in [-0.15, -0.1) is 11.3 Å². The summed E-state index contributed by atoms with van der Waals surface area (Å²) >= 11 is 1.81. The first kappa shape index (κ1) is 18.6. The molecule has 1 aliphatic carbocycles. The first-order valence-electron chi connectivity index (χ1n) is 10.2. The monoisotopic (exact) mass is 409 g/mol. The molecule has 0 N–H and O–H groups in total. The third kappa shape index (κ3) is 3.40. The lowest BCUT2D eigenvalue weighted by Gasteiger charge is -2.43. The van der Waals surface area contributed by atoms with Gasteiger partial charge in [0.25, 0.3) is 0 Å². The summed E-state index contributed by atoms with van der Waals surface area (Å²) in [6, 6.07) is 12.3. The number of carbonyl (C=O) groups excluding carboxylic acids is 2. The molecular formula is C23H23NO4S. The highest BCUT2D eigenvalue weighted by Crippen LogP contribution is 2.42. The molecule has 1 aromatic heterocycles. The summed E-state index contributed by atoms with van der Waals surface area (Å²) < 4.78 is 11.1. The van der Waals surface area contributed by atoms with Gasteiger partial charge in [0.15, 0.2) is 0 Å². The summed E-state index contributed by atoms with van der Waals surface area (Å²) in [5, 5.41) is 2.15. The summed E-state index contributed by atoms with van der Waals surface area (Å²) in [6.07, 6.45) is 6.96. The highest BCUT2D eigenvalue weighted by Gasteiger charge is 2.55. The predicted molar refractivity (Wildman–Crippen MR) is 110 cm³/mol. The van der Waals surface area contributed by atoms with E-state index in [2.05, 4.69) is 29.7 Å². The van der Waals surface area contributed by atoms with Crippen LogP contribution in [0.3, 0.4) is 0 Å². The molecule has 0 bridgehead atoms. The van der Waals surface area contributed by atoms with Crippen molar-refractivity contribution in [3.8, 4) is 0 Å². The topological polar surface area (TPSA) is 55.8 Å². The Balaban J connectivity index is 1.40. The van der Waals surface area contributed by atoms with Crippen LogP contribution in [-0.4, -0.2) is 35.8 Å². The van der Waals surface area contributed by atoms with Gasteiger partial charge >= 0.3 is 17.8 Å². The lowest BCUT2D eigenvalue weighted by atomic mass is 9.87. The van der Waals surface area contributed by atoms with E-state index in [1.165, 1.54) is 21.6 Å². The van der Waals surface area contributed by atoms with Crippen molar-refractivity contribution in [2.24, 2.45) is 0 Å². The first-order chi connectivity index (χ1) is 14.1. The molecule has 150 valence electrons. The van der Waals surface area contributed by atoms with Crippen LogP contribution in [0.5, 0.6) is 0 Å². The molecule has 0 amide bonds. The van der Waals surface area contributed by atoms with Crippen molar-refractivity contribution in [2.75, 3.05) is 13.1 Å². The molecule has 2 aliphatic heterocycles. The van der Waals surface area contributed by atoms with Crippen LogP contribution >= 0.6 is 11.3 Å². The van der Waals surface area contributed by atoms with E-state index in [-0.39, 0.29) is 5.92 Å². The third-order valence-corrected chi connectivity index (χ3v) is 7.16. The molecule has 29 heavy (non-hydrogen) atoms. The smallest absolute Gasteiger partial charge is 0.400 e. The lowest BCUT2D eigenvalue weighted by Crippen LogP contribution is -2.54. The van der Waals surface area contributed by atoms with Gasteiger partial charge in [-0.25, -0.2) is 14.5 Å². The Morgan fingerprint density at radius 1 is 1.10 bits per heavy atom. The molecular weight excluding hydrogens is 386 g/mol. The Hall–Kier alpha value is -2.44. The van der Waals surface area contributed by atoms with Crippen LogP contribution in [0, 0.1) is 0 Å². The van der Waals surface area contributed by atoms with Crippen molar-refractivity contribution in [3.05, 3.63) is 63.9 Å². The highest BCUT2D eigenvalue weighted by molar-refractivity contribution is 7.10. The second-order valence-corrected chi connectivity index (χ2v) is 8.88. The van der Waals surface area contributed by atoms with Crippen molar-refractivity contribution in [2.45, 2.75) is 43.9 Å². The lowest BCUT2D eigenvalue weighted by molar-refractivity contribution is -0.263. The summed E-state index contributed by atoms with van der Waals surface area (Å²) in [7, 11) is 0. The molecule has 6 heteroatoms. The molecule has 1 aromatic carbocycles. The largest absolute Gasteiger partial charge is 0.421 e. The third-order valence-electron chi connectivity index (χ3n) is 6.18. The number of allylic oxidation sites excluding steroid dienone is 1. The number of fused-ring (bicyclic) bond motifs is 1. The molecule has 2 saturated heterocycles. The van der Waals surface area contributed by atoms with Crippen molar-refractivity contribution in [1.29, 1.82) is 0 Å². The second-order valence-electron chi connectivity index (χ2n) is 7.88. The van der Waals surface area contributed by atoms with Gasteiger partial charge in [0.1, 0.15) is 0 Å². The van der Waals surface area contributed by atoms with E-state index in [9.17, 15) is 9.59 Å². The number of nitrogens with zero attached hydrogens (tertiary/aromatic N) is 1. The van der Waals surface area contributed by atoms with Crippen molar-refractivity contribution in [1.82, 2.24) is 4.90 Å². The van der Waals surface area contributed by atoms with E-state index in [0.717, 1.165) is 25.7 Å². The van der Waals surface area contributed by atoms with Crippen LogP contribution in [0.2, 0.25) is 0 Å². The maximum atomic E-state index is 11.9. The number of aryl methyl sites for hydroxylation is 1. The van der Waals surface area contributed by atoms with Gasteiger partial charge in [0, 0.05) is 24.4 Å². The maximum Gasteiger partial charge on any atom is 0.421 e.